The van der Waals surface area contributed by atoms with Gasteiger partial charge in [0.05, 0.1) is 14.2 Å². The Morgan fingerprint density at radius 2 is 1.71 bits per heavy atom. The topological polar surface area (TPSA) is 30.5 Å². The summed E-state index contributed by atoms with van der Waals surface area (Å²) in [6.07, 6.45) is 9.22. The normalized spacial score (nSPS) is 18.0. The van der Waals surface area contributed by atoms with Crippen molar-refractivity contribution < 1.29 is 9.47 Å². The molecule has 1 fully saturated rings. The molecule has 0 aromatic heterocycles. The van der Waals surface area contributed by atoms with Crippen LogP contribution in [0.3, 0.4) is 0 Å². The first-order valence-electron chi connectivity index (χ1n) is 8.26. The number of nitrogens with one attached hydrogen (secondary N) is 1. The molecule has 1 aliphatic rings. The molecule has 2 rings (SSSR count). The van der Waals surface area contributed by atoms with E-state index in [1.807, 2.05) is 6.07 Å². The molecule has 0 bridgehead atoms. The summed E-state index contributed by atoms with van der Waals surface area (Å²) in [5.74, 6) is 1.61. The van der Waals surface area contributed by atoms with Crippen molar-refractivity contribution in [1.82, 2.24) is 5.32 Å². The second kappa shape index (κ2) is 8.28. The maximum absolute atomic E-state index is 5.43. The Kier molecular flexibility index (Phi) is 6.37. The van der Waals surface area contributed by atoms with Crippen LogP contribution in [0.15, 0.2) is 18.2 Å². The third-order valence-corrected chi connectivity index (χ3v) is 4.51. The van der Waals surface area contributed by atoms with Gasteiger partial charge in [-0.3, -0.25) is 0 Å². The predicted octanol–water partition coefficient (Wildman–Crippen LogP) is 4.47. The maximum atomic E-state index is 5.43. The van der Waals surface area contributed by atoms with Gasteiger partial charge in [0.1, 0.15) is 0 Å². The van der Waals surface area contributed by atoms with Gasteiger partial charge in [0.25, 0.3) is 0 Å². The number of hydrogen-bond donors (Lipinski definition) is 1. The Hall–Kier alpha value is -1.22. The van der Waals surface area contributed by atoms with E-state index in [4.69, 9.17) is 9.47 Å². The average molecular weight is 291 g/mol. The van der Waals surface area contributed by atoms with Crippen molar-refractivity contribution in [1.29, 1.82) is 0 Å². The quantitative estimate of drug-likeness (QED) is 0.785. The van der Waals surface area contributed by atoms with Crippen LogP contribution in [0.4, 0.5) is 0 Å². The zero-order chi connectivity index (χ0) is 15.1. The molecule has 118 valence electrons. The largest absolute Gasteiger partial charge is 0.493 e. The lowest BCUT2D eigenvalue weighted by Crippen LogP contribution is -2.32. The van der Waals surface area contributed by atoms with E-state index < -0.39 is 0 Å². The fraction of sp³-hybridized carbons (Fsp3) is 0.667. The van der Waals surface area contributed by atoms with E-state index in [1.54, 1.807) is 14.2 Å². The van der Waals surface area contributed by atoms with Crippen LogP contribution < -0.4 is 14.8 Å². The van der Waals surface area contributed by atoms with E-state index in [9.17, 15) is 0 Å². The van der Waals surface area contributed by atoms with Gasteiger partial charge in [-0.25, -0.2) is 0 Å². The fourth-order valence-electron chi connectivity index (χ4n) is 3.25. The van der Waals surface area contributed by atoms with Crippen molar-refractivity contribution in [2.24, 2.45) is 0 Å². The zero-order valence-corrected chi connectivity index (χ0v) is 13.7. The Labute approximate surface area is 129 Å². The molecular weight excluding hydrogens is 262 g/mol. The number of benzene rings is 1. The highest BCUT2D eigenvalue weighted by atomic mass is 16.5. The van der Waals surface area contributed by atoms with E-state index in [2.05, 4.69) is 24.4 Å². The predicted molar refractivity (Wildman–Crippen MR) is 87.2 cm³/mol. The molecule has 1 aromatic rings. The van der Waals surface area contributed by atoms with Gasteiger partial charge in [0.15, 0.2) is 11.5 Å². The monoisotopic (exact) mass is 291 g/mol. The fourth-order valence-corrected chi connectivity index (χ4v) is 3.25. The second-order valence-corrected chi connectivity index (χ2v) is 5.93. The van der Waals surface area contributed by atoms with Gasteiger partial charge in [0.2, 0.25) is 0 Å². The highest BCUT2D eigenvalue weighted by Gasteiger charge is 2.18. The zero-order valence-electron chi connectivity index (χ0n) is 13.7. The summed E-state index contributed by atoms with van der Waals surface area (Å²) >= 11 is 0. The lowest BCUT2D eigenvalue weighted by Gasteiger charge is -2.25. The van der Waals surface area contributed by atoms with E-state index >= 15 is 0 Å². The van der Waals surface area contributed by atoms with Crippen LogP contribution in [-0.4, -0.2) is 20.3 Å². The van der Waals surface area contributed by atoms with Crippen molar-refractivity contribution in [2.75, 3.05) is 14.2 Å². The number of methoxy groups -OCH3 is 2. The SMILES string of the molecule is CCC(NC1CCCCCC1)c1ccc(OC)c(OC)c1. The van der Waals surface area contributed by atoms with Gasteiger partial charge in [0, 0.05) is 12.1 Å². The van der Waals surface area contributed by atoms with Crippen LogP contribution in [0.5, 0.6) is 11.5 Å². The Bertz CT molecular complexity index is 425. The Morgan fingerprint density at radius 3 is 2.29 bits per heavy atom. The van der Waals surface area contributed by atoms with Gasteiger partial charge < -0.3 is 14.8 Å². The molecule has 3 heteroatoms. The van der Waals surface area contributed by atoms with E-state index in [0.717, 1.165) is 17.9 Å². The second-order valence-electron chi connectivity index (χ2n) is 5.93. The number of rotatable bonds is 6. The minimum absolute atomic E-state index is 0.396. The Morgan fingerprint density at radius 1 is 1.05 bits per heavy atom. The lowest BCUT2D eigenvalue weighted by atomic mass is 10.0. The van der Waals surface area contributed by atoms with Crippen LogP contribution >= 0.6 is 0 Å². The molecule has 1 atom stereocenters. The molecule has 0 radical (unpaired) electrons. The summed E-state index contributed by atoms with van der Waals surface area (Å²) in [7, 11) is 3.37. The van der Waals surface area contributed by atoms with Crippen LogP contribution in [0.2, 0.25) is 0 Å². The first-order chi connectivity index (χ1) is 10.3. The minimum Gasteiger partial charge on any atom is -0.493 e. The summed E-state index contributed by atoms with van der Waals surface area (Å²) in [6.45, 7) is 2.24. The standard InChI is InChI=1S/C18H29NO2/c1-4-16(19-15-9-7-5-6-8-10-15)14-11-12-17(20-2)18(13-14)21-3/h11-13,15-16,19H,4-10H2,1-3H3. The van der Waals surface area contributed by atoms with Gasteiger partial charge in [-0.2, -0.15) is 0 Å². The molecule has 1 aromatic carbocycles. The molecule has 1 unspecified atom stereocenters. The molecule has 3 nitrogen and oxygen atoms in total. The molecule has 0 aliphatic heterocycles. The molecule has 0 amide bonds. The van der Waals surface area contributed by atoms with E-state index in [-0.39, 0.29) is 0 Å². The number of ether oxygens (including phenoxy) is 2. The summed E-state index contributed by atoms with van der Waals surface area (Å²) in [4.78, 5) is 0. The van der Waals surface area contributed by atoms with E-state index in [1.165, 1.54) is 44.1 Å². The molecule has 0 saturated heterocycles. The first kappa shape index (κ1) is 16.2. The smallest absolute Gasteiger partial charge is 0.161 e. The molecule has 1 saturated carbocycles. The summed E-state index contributed by atoms with van der Waals surface area (Å²) in [5, 5.41) is 3.85. The maximum Gasteiger partial charge on any atom is 0.161 e. The van der Waals surface area contributed by atoms with Crippen molar-refractivity contribution >= 4 is 0 Å². The van der Waals surface area contributed by atoms with Crippen molar-refractivity contribution in [3.63, 3.8) is 0 Å². The van der Waals surface area contributed by atoms with Crippen molar-refractivity contribution in [3.05, 3.63) is 23.8 Å². The lowest BCUT2D eigenvalue weighted by molar-refractivity contribution is 0.351. The molecule has 1 aliphatic carbocycles. The molecule has 21 heavy (non-hydrogen) atoms. The summed E-state index contributed by atoms with van der Waals surface area (Å²) < 4.78 is 10.8. The first-order valence-corrected chi connectivity index (χ1v) is 8.26. The summed E-state index contributed by atoms with van der Waals surface area (Å²) in [5.41, 5.74) is 1.29. The van der Waals surface area contributed by atoms with Crippen LogP contribution in [0, 0.1) is 0 Å². The molecule has 1 N–H and O–H groups in total. The minimum atomic E-state index is 0.396. The Balaban J connectivity index is 2.09. The molecular formula is C18H29NO2. The van der Waals surface area contributed by atoms with Gasteiger partial charge >= 0.3 is 0 Å². The van der Waals surface area contributed by atoms with Crippen LogP contribution in [0.1, 0.15) is 63.5 Å². The van der Waals surface area contributed by atoms with Crippen LogP contribution in [0.25, 0.3) is 0 Å². The van der Waals surface area contributed by atoms with Gasteiger partial charge in [-0.05, 0) is 37.0 Å². The van der Waals surface area contributed by atoms with Crippen LogP contribution in [-0.2, 0) is 0 Å². The number of hydrogen-bond acceptors (Lipinski definition) is 3. The molecule has 0 heterocycles. The third kappa shape index (κ3) is 4.37. The highest BCUT2D eigenvalue weighted by molar-refractivity contribution is 5.43. The average Bonchev–Trinajstić information content (AvgIpc) is 2.80. The summed E-state index contributed by atoms with van der Waals surface area (Å²) in [6, 6.07) is 7.32. The molecule has 0 spiro atoms. The van der Waals surface area contributed by atoms with Gasteiger partial charge in [-0.1, -0.05) is 38.7 Å². The third-order valence-electron chi connectivity index (χ3n) is 4.51. The highest BCUT2D eigenvalue weighted by Crippen LogP contribution is 2.31. The van der Waals surface area contributed by atoms with Crippen molar-refractivity contribution in [3.8, 4) is 11.5 Å². The van der Waals surface area contributed by atoms with Crippen molar-refractivity contribution in [2.45, 2.75) is 64.0 Å². The van der Waals surface area contributed by atoms with E-state index in [0.29, 0.717) is 12.1 Å². The van der Waals surface area contributed by atoms with Gasteiger partial charge in [-0.15, -0.1) is 0 Å².